The number of aryl methyl sites for hydroxylation is 1. The van der Waals surface area contributed by atoms with Crippen LogP contribution in [0.1, 0.15) is 18.4 Å². The molecule has 100 valence electrons. The van der Waals surface area contributed by atoms with Gasteiger partial charge in [0, 0.05) is 32.4 Å². The van der Waals surface area contributed by atoms with Crippen LogP contribution in [0.4, 0.5) is 5.69 Å². The Balaban J connectivity index is 1.72. The number of hydrogen-bond donors (Lipinski definition) is 1. The summed E-state index contributed by atoms with van der Waals surface area (Å²) in [5, 5.41) is 3.48. The largest absolute Gasteiger partial charge is 0.384 e. The van der Waals surface area contributed by atoms with Gasteiger partial charge >= 0.3 is 0 Å². The Kier molecular flexibility index (Phi) is 5.02. The number of piperidine rings is 1. The monoisotopic (exact) mass is 248 g/mol. The van der Waals surface area contributed by atoms with E-state index in [0.29, 0.717) is 6.10 Å². The summed E-state index contributed by atoms with van der Waals surface area (Å²) in [4.78, 5) is 2.49. The van der Waals surface area contributed by atoms with Crippen LogP contribution in [-0.2, 0) is 4.74 Å². The first-order valence-corrected chi connectivity index (χ1v) is 6.83. The van der Waals surface area contributed by atoms with E-state index in [2.05, 4.69) is 41.4 Å². The van der Waals surface area contributed by atoms with Crippen LogP contribution >= 0.6 is 0 Å². The molecule has 2 rings (SSSR count). The fourth-order valence-corrected chi connectivity index (χ4v) is 2.52. The lowest BCUT2D eigenvalue weighted by Gasteiger charge is -2.31. The fraction of sp³-hybridized carbons (Fsp3) is 0.600. The molecule has 1 atom stereocenters. The van der Waals surface area contributed by atoms with Crippen molar-refractivity contribution >= 4 is 5.69 Å². The Bertz CT molecular complexity index is 367. The Morgan fingerprint density at radius 2 is 2.33 bits per heavy atom. The summed E-state index contributed by atoms with van der Waals surface area (Å²) in [6.45, 7) is 6.49. The maximum absolute atomic E-state index is 5.44. The van der Waals surface area contributed by atoms with Gasteiger partial charge in [-0.3, -0.25) is 4.90 Å². The van der Waals surface area contributed by atoms with Gasteiger partial charge in [-0.25, -0.2) is 0 Å². The molecule has 1 aliphatic heterocycles. The van der Waals surface area contributed by atoms with Crippen LogP contribution in [-0.4, -0.2) is 44.3 Å². The summed E-state index contributed by atoms with van der Waals surface area (Å²) in [5.74, 6) is 0. The van der Waals surface area contributed by atoms with Crippen molar-refractivity contribution in [3.63, 3.8) is 0 Å². The number of hydrogen-bond acceptors (Lipinski definition) is 3. The molecule has 0 aromatic heterocycles. The van der Waals surface area contributed by atoms with E-state index in [-0.39, 0.29) is 0 Å². The van der Waals surface area contributed by atoms with Gasteiger partial charge in [0.25, 0.3) is 0 Å². The van der Waals surface area contributed by atoms with Crippen LogP contribution in [0.15, 0.2) is 24.3 Å². The zero-order valence-electron chi connectivity index (χ0n) is 11.5. The minimum Gasteiger partial charge on any atom is -0.384 e. The molecule has 3 nitrogen and oxygen atoms in total. The topological polar surface area (TPSA) is 24.5 Å². The number of ether oxygens (including phenoxy) is 1. The number of nitrogens with zero attached hydrogens (tertiary/aromatic N) is 1. The van der Waals surface area contributed by atoms with Crippen molar-refractivity contribution in [2.45, 2.75) is 25.9 Å². The van der Waals surface area contributed by atoms with Crippen molar-refractivity contribution in [2.24, 2.45) is 0 Å². The molecule has 1 fully saturated rings. The Morgan fingerprint density at radius 3 is 3.11 bits per heavy atom. The van der Waals surface area contributed by atoms with Gasteiger partial charge in [-0.2, -0.15) is 0 Å². The first kappa shape index (κ1) is 13.4. The zero-order chi connectivity index (χ0) is 12.8. The summed E-state index contributed by atoms with van der Waals surface area (Å²) < 4.78 is 5.44. The molecule has 18 heavy (non-hydrogen) atoms. The average molecular weight is 248 g/mol. The van der Waals surface area contributed by atoms with E-state index in [1.807, 2.05) is 7.11 Å². The number of rotatable bonds is 5. The third-order valence-electron chi connectivity index (χ3n) is 3.57. The predicted molar refractivity (Wildman–Crippen MR) is 76.1 cm³/mol. The predicted octanol–water partition coefficient (Wildman–Crippen LogP) is 2.52. The van der Waals surface area contributed by atoms with E-state index < -0.39 is 0 Å². The normalized spacial score (nSPS) is 20.9. The lowest BCUT2D eigenvalue weighted by Crippen LogP contribution is -2.41. The fourth-order valence-electron chi connectivity index (χ4n) is 2.52. The molecule has 1 saturated heterocycles. The van der Waals surface area contributed by atoms with Crippen LogP contribution in [0, 0.1) is 6.92 Å². The van der Waals surface area contributed by atoms with Crippen molar-refractivity contribution in [3.05, 3.63) is 29.8 Å². The highest BCUT2D eigenvalue weighted by molar-refractivity contribution is 5.45. The Hall–Kier alpha value is -1.06. The molecule has 1 aliphatic rings. The lowest BCUT2D eigenvalue weighted by molar-refractivity contribution is 0.0329. The van der Waals surface area contributed by atoms with Crippen molar-refractivity contribution < 1.29 is 4.74 Å². The third kappa shape index (κ3) is 4.00. The molecule has 0 amide bonds. The number of methoxy groups -OCH3 is 1. The van der Waals surface area contributed by atoms with Crippen LogP contribution in [0.5, 0.6) is 0 Å². The summed E-state index contributed by atoms with van der Waals surface area (Å²) >= 11 is 0. The van der Waals surface area contributed by atoms with Crippen LogP contribution in [0.2, 0.25) is 0 Å². The molecule has 1 aromatic rings. The maximum atomic E-state index is 5.44. The highest BCUT2D eigenvalue weighted by Crippen LogP contribution is 2.13. The SMILES string of the molecule is COC1CCCN(CCNc2cccc(C)c2)C1. The average Bonchev–Trinajstić information content (AvgIpc) is 2.39. The number of anilines is 1. The van der Waals surface area contributed by atoms with Gasteiger partial charge in [-0.1, -0.05) is 12.1 Å². The maximum Gasteiger partial charge on any atom is 0.0698 e. The van der Waals surface area contributed by atoms with Gasteiger partial charge in [0.1, 0.15) is 0 Å². The van der Waals surface area contributed by atoms with Crippen molar-refractivity contribution in [1.29, 1.82) is 0 Å². The van der Waals surface area contributed by atoms with E-state index in [4.69, 9.17) is 4.74 Å². The van der Waals surface area contributed by atoms with Gasteiger partial charge in [-0.05, 0) is 44.0 Å². The molecule has 1 N–H and O–H groups in total. The standard InChI is InChI=1S/C15H24N2O/c1-13-5-3-6-14(11-13)16-8-10-17-9-4-7-15(12-17)18-2/h3,5-6,11,15-16H,4,7-10,12H2,1-2H3. The number of nitrogens with one attached hydrogen (secondary N) is 1. The van der Waals surface area contributed by atoms with Crippen molar-refractivity contribution in [1.82, 2.24) is 4.90 Å². The van der Waals surface area contributed by atoms with E-state index >= 15 is 0 Å². The molecule has 1 heterocycles. The molecular weight excluding hydrogens is 224 g/mol. The first-order chi connectivity index (χ1) is 8.78. The molecule has 0 radical (unpaired) electrons. The third-order valence-corrected chi connectivity index (χ3v) is 3.57. The zero-order valence-corrected chi connectivity index (χ0v) is 11.5. The smallest absolute Gasteiger partial charge is 0.0698 e. The molecule has 0 aliphatic carbocycles. The van der Waals surface area contributed by atoms with Crippen molar-refractivity contribution in [3.8, 4) is 0 Å². The van der Waals surface area contributed by atoms with Crippen LogP contribution in [0.25, 0.3) is 0 Å². The summed E-state index contributed by atoms with van der Waals surface area (Å²) in [7, 11) is 1.82. The van der Waals surface area contributed by atoms with Crippen LogP contribution in [0.3, 0.4) is 0 Å². The van der Waals surface area contributed by atoms with Gasteiger partial charge < -0.3 is 10.1 Å². The minimum atomic E-state index is 0.428. The first-order valence-electron chi connectivity index (χ1n) is 6.83. The second-order valence-electron chi connectivity index (χ2n) is 5.10. The molecule has 0 spiro atoms. The Labute approximate surface area is 110 Å². The summed E-state index contributed by atoms with van der Waals surface area (Å²) in [5.41, 5.74) is 2.52. The highest BCUT2D eigenvalue weighted by atomic mass is 16.5. The quantitative estimate of drug-likeness (QED) is 0.866. The molecular formula is C15H24N2O. The van der Waals surface area contributed by atoms with E-state index in [1.165, 1.54) is 30.6 Å². The molecule has 3 heteroatoms. The van der Waals surface area contributed by atoms with Gasteiger partial charge in [0.2, 0.25) is 0 Å². The summed E-state index contributed by atoms with van der Waals surface area (Å²) in [6, 6.07) is 8.54. The second-order valence-corrected chi connectivity index (χ2v) is 5.10. The molecule has 1 unspecified atom stereocenters. The second kappa shape index (κ2) is 6.76. The molecule has 0 saturated carbocycles. The molecule has 0 bridgehead atoms. The van der Waals surface area contributed by atoms with E-state index in [1.54, 1.807) is 0 Å². The highest BCUT2D eigenvalue weighted by Gasteiger charge is 2.18. The van der Waals surface area contributed by atoms with E-state index in [9.17, 15) is 0 Å². The van der Waals surface area contributed by atoms with Crippen LogP contribution < -0.4 is 5.32 Å². The van der Waals surface area contributed by atoms with Gasteiger partial charge in [-0.15, -0.1) is 0 Å². The van der Waals surface area contributed by atoms with E-state index in [0.717, 1.165) is 19.6 Å². The number of benzene rings is 1. The summed E-state index contributed by atoms with van der Waals surface area (Å²) in [6.07, 6.45) is 2.89. The number of likely N-dealkylation sites (tertiary alicyclic amines) is 1. The Morgan fingerprint density at radius 1 is 1.44 bits per heavy atom. The lowest BCUT2D eigenvalue weighted by atomic mass is 10.1. The molecule has 1 aromatic carbocycles. The van der Waals surface area contributed by atoms with Crippen molar-refractivity contribution in [2.75, 3.05) is 38.6 Å². The van der Waals surface area contributed by atoms with Gasteiger partial charge in [0.15, 0.2) is 0 Å². The van der Waals surface area contributed by atoms with Gasteiger partial charge in [0.05, 0.1) is 6.10 Å². The minimum absolute atomic E-state index is 0.428.